The van der Waals surface area contributed by atoms with Gasteiger partial charge >= 0.3 is 0 Å². The Morgan fingerprint density at radius 2 is 1.37 bits per heavy atom. The smallest absolute Gasteiger partial charge is 0.282 e. The van der Waals surface area contributed by atoms with Crippen LogP contribution in [0.1, 0.15) is 22.0 Å². The molecule has 0 aliphatic heterocycles. The maximum Gasteiger partial charge on any atom is 0.282 e. The van der Waals surface area contributed by atoms with Crippen molar-refractivity contribution in [3.05, 3.63) is 139 Å². The van der Waals surface area contributed by atoms with E-state index in [0.717, 1.165) is 4.47 Å². The second-order valence-electron chi connectivity index (χ2n) is 8.03. The number of benzene rings is 4. The number of anilines is 2. The van der Waals surface area contributed by atoms with Crippen LogP contribution < -0.4 is 10.2 Å². The van der Waals surface area contributed by atoms with Gasteiger partial charge in [-0.3, -0.25) is 34.7 Å². The van der Waals surface area contributed by atoms with Gasteiger partial charge in [0.25, 0.3) is 23.2 Å². The number of nitrogens with one attached hydrogen (secondary N) is 1. The van der Waals surface area contributed by atoms with Crippen molar-refractivity contribution in [2.75, 3.05) is 10.2 Å². The van der Waals surface area contributed by atoms with Gasteiger partial charge in [0.15, 0.2) is 0 Å². The highest BCUT2D eigenvalue weighted by Gasteiger charge is 2.36. The predicted octanol–water partition coefficient (Wildman–Crippen LogP) is 6.29. The van der Waals surface area contributed by atoms with Crippen LogP contribution in [-0.4, -0.2) is 21.7 Å². The Morgan fingerprint density at radius 1 is 0.763 bits per heavy atom. The van der Waals surface area contributed by atoms with Gasteiger partial charge in [-0.1, -0.05) is 58.4 Å². The highest BCUT2D eigenvalue weighted by molar-refractivity contribution is 9.10. The van der Waals surface area contributed by atoms with E-state index in [1.54, 1.807) is 54.6 Å². The van der Waals surface area contributed by atoms with E-state index in [0.29, 0.717) is 11.3 Å². The third kappa shape index (κ3) is 5.73. The molecule has 10 nitrogen and oxygen atoms in total. The van der Waals surface area contributed by atoms with Crippen LogP contribution >= 0.6 is 15.9 Å². The molecule has 4 aromatic rings. The summed E-state index contributed by atoms with van der Waals surface area (Å²) in [6.07, 6.45) is 0. The van der Waals surface area contributed by atoms with Crippen LogP contribution in [0.4, 0.5) is 22.7 Å². The Morgan fingerprint density at radius 3 is 1.97 bits per heavy atom. The molecule has 0 spiro atoms. The molecule has 2 amide bonds. The topological polar surface area (TPSA) is 136 Å². The summed E-state index contributed by atoms with van der Waals surface area (Å²) >= 11 is 3.37. The zero-order chi connectivity index (χ0) is 27.2. The summed E-state index contributed by atoms with van der Waals surface area (Å²) < 4.78 is 0.743. The molecular formula is C27H19BrN4O6. The highest BCUT2D eigenvalue weighted by atomic mass is 79.9. The van der Waals surface area contributed by atoms with Crippen LogP contribution in [-0.2, 0) is 4.79 Å². The molecule has 0 radical (unpaired) electrons. The first-order chi connectivity index (χ1) is 18.3. The Balaban J connectivity index is 1.85. The van der Waals surface area contributed by atoms with Crippen LogP contribution in [0.2, 0.25) is 0 Å². The second-order valence-corrected chi connectivity index (χ2v) is 8.95. The summed E-state index contributed by atoms with van der Waals surface area (Å²) in [5.41, 5.74) is 0.306. The molecule has 0 aromatic heterocycles. The van der Waals surface area contributed by atoms with Gasteiger partial charge in [0.1, 0.15) is 11.6 Å². The quantitative estimate of drug-likeness (QED) is 0.194. The number of hydrogen-bond donors (Lipinski definition) is 1. The van der Waals surface area contributed by atoms with Crippen molar-refractivity contribution in [3.8, 4) is 0 Å². The standard InChI is InChI=1S/C27H19BrN4O6/c28-19-12-10-18(11-13-19)25(26(33)29-20-14-16-22(17-15-20)31(35)36)30(21-6-2-1-3-7-21)27(34)23-8-4-5-9-24(23)32(37)38/h1-17,25H,(H,29,33). The van der Waals surface area contributed by atoms with E-state index in [4.69, 9.17) is 0 Å². The largest absolute Gasteiger partial charge is 0.324 e. The number of carbonyl (C=O) groups excluding carboxylic acids is 2. The lowest BCUT2D eigenvalue weighted by atomic mass is 10.0. The number of hydrogen-bond acceptors (Lipinski definition) is 6. The fraction of sp³-hybridized carbons (Fsp3) is 0.0370. The van der Waals surface area contributed by atoms with E-state index in [2.05, 4.69) is 21.2 Å². The molecule has 0 fully saturated rings. The minimum absolute atomic E-state index is 0.148. The fourth-order valence-corrected chi connectivity index (χ4v) is 4.12. The molecule has 0 aliphatic carbocycles. The maximum absolute atomic E-state index is 14.0. The minimum atomic E-state index is -1.26. The molecule has 0 bridgehead atoms. The number of rotatable bonds is 8. The van der Waals surface area contributed by atoms with Gasteiger partial charge in [-0.25, -0.2) is 0 Å². The number of non-ortho nitro benzene ring substituents is 1. The molecular weight excluding hydrogens is 556 g/mol. The lowest BCUT2D eigenvalue weighted by Gasteiger charge is -2.31. The van der Waals surface area contributed by atoms with Crippen molar-refractivity contribution in [1.82, 2.24) is 0 Å². The molecule has 0 aliphatic rings. The van der Waals surface area contributed by atoms with Gasteiger partial charge < -0.3 is 5.32 Å². The van der Waals surface area contributed by atoms with E-state index < -0.39 is 33.4 Å². The Labute approximate surface area is 225 Å². The van der Waals surface area contributed by atoms with E-state index >= 15 is 0 Å². The lowest BCUT2D eigenvalue weighted by Crippen LogP contribution is -2.41. The van der Waals surface area contributed by atoms with E-state index in [9.17, 15) is 29.8 Å². The molecule has 11 heteroatoms. The van der Waals surface area contributed by atoms with Gasteiger partial charge in [-0.2, -0.15) is 0 Å². The summed E-state index contributed by atoms with van der Waals surface area (Å²) in [7, 11) is 0. The summed E-state index contributed by atoms with van der Waals surface area (Å²) in [6, 6.07) is 24.6. The van der Waals surface area contributed by atoms with E-state index in [1.165, 1.54) is 53.4 Å². The summed E-state index contributed by atoms with van der Waals surface area (Å²) in [4.78, 5) is 50.5. The van der Waals surface area contributed by atoms with E-state index in [1.807, 2.05) is 0 Å². The van der Waals surface area contributed by atoms with Crippen molar-refractivity contribution >= 4 is 50.5 Å². The molecule has 0 heterocycles. The lowest BCUT2D eigenvalue weighted by molar-refractivity contribution is -0.385. The molecule has 1 N–H and O–H groups in total. The van der Waals surface area contributed by atoms with Gasteiger partial charge in [-0.15, -0.1) is 0 Å². The molecule has 4 rings (SSSR count). The summed E-state index contributed by atoms with van der Waals surface area (Å²) in [6.45, 7) is 0. The van der Waals surface area contributed by atoms with Crippen molar-refractivity contribution < 1.29 is 19.4 Å². The van der Waals surface area contributed by atoms with Crippen molar-refractivity contribution in [2.24, 2.45) is 0 Å². The van der Waals surface area contributed by atoms with Gasteiger partial charge in [-0.05, 0) is 48.0 Å². The minimum Gasteiger partial charge on any atom is -0.324 e. The first-order valence-corrected chi connectivity index (χ1v) is 12.0. The van der Waals surface area contributed by atoms with Gasteiger partial charge in [0.05, 0.1) is 9.85 Å². The summed E-state index contributed by atoms with van der Waals surface area (Å²) in [5, 5.41) is 25.4. The Kier molecular flexibility index (Phi) is 7.88. The molecule has 4 aromatic carbocycles. The number of amides is 2. The third-order valence-corrected chi connectivity index (χ3v) is 6.15. The number of carbonyl (C=O) groups is 2. The molecule has 38 heavy (non-hydrogen) atoms. The van der Waals surface area contributed by atoms with Crippen LogP contribution in [0.25, 0.3) is 0 Å². The molecule has 1 unspecified atom stereocenters. The van der Waals surface area contributed by atoms with Crippen molar-refractivity contribution in [3.63, 3.8) is 0 Å². The normalized spacial score (nSPS) is 11.3. The van der Waals surface area contributed by atoms with Gasteiger partial charge in [0.2, 0.25) is 0 Å². The highest BCUT2D eigenvalue weighted by Crippen LogP contribution is 2.33. The number of halogens is 1. The first kappa shape index (κ1) is 26.2. The zero-order valence-corrected chi connectivity index (χ0v) is 21.1. The van der Waals surface area contributed by atoms with Crippen LogP contribution in [0.5, 0.6) is 0 Å². The van der Waals surface area contributed by atoms with Crippen molar-refractivity contribution in [2.45, 2.75) is 6.04 Å². The third-order valence-electron chi connectivity index (χ3n) is 5.62. The van der Waals surface area contributed by atoms with E-state index in [-0.39, 0.29) is 16.9 Å². The molecule has 1 atom stereocenters. The number of nitro benzene ring substituents is 2. The Hall–Kier alpha value is -4.90. The maximum atomic E-state index is 14.0. The SMILES string of the molecule is O=C(Nc1ccc([N+](=O)[O-])cc1)C(c1ccc(Br)cc1)N(C(=O)c1ccccc1[N+](=O)[O-])c1ccccc1. The van der Waals surface area contributed by atoms with Crippen LogP contribution in [0.15, 0.2) is 108 Å². The summed E-state index contributed by atoms with van der Waals surface area (Å²) in [5.74, 6) is -1.38. The monoisotopic (exact) mass is 574 g/mol. The number of nitro groups is 2. The van der Waals surface area contributed by atoms with Gasteiger partial charge in [0, 0.05) is 34.0 Å². The molecule has 190 valence electrons. The Bertz CT molecular complexity index is 1490. The molecule has 0 saturated carbocycles. The second kappa shape index (κ2) is 11.4. The first-order valence-electron chi connectivity index (χ1n) is 11.2. The zero-order valence-electron chi connectivity index (χ0n) is 19.6. The molecule has 0 saturated heterocycles. The van der Waals surface area contributed by atoms with Crippen LogP contribution in [0, 0.1) is 20.2 Å². The van der Waals surface area contributed by atoms with Crippen molar-refractivity contribution in [1.29, 1.82) is 0 Å². The average Bonchev–Trinajstić information content (AvgIpc) is 2.92. The van der Waals surface area contributed by atoms with Crippen LogP contribution in [0.3, 0.4) is 0 Å². The fourth-order valence-electron chi connectivity index (χ4n) is 3.86. The predicted molar refractivity (Wildman–Crippen MR) is 145 cm³/mol. The average molecular weight is 575 g/mol. The number of para-hydroxylation sites is 2. The number of nitrogens with zero attached hydrogens (tertiary/aromatic N) is 3.